The third-order valence-electron chi connectivity index (χ3n) is 3.56. The summed E-state index contributed by atoms with van der Waals surface area (Å²) in [5, 5.41) is 14.5. The number of nitrogens with zero attached hydrogens (tertiary/aromatic N) is 4. The maximum absolute atomic E-state index is 13.7. The Bertz CT molecular complexity index is 658. The van der Waals surface area contributed by atoms with Crippen LogP contribution in [0.25, 0.3) is 0 Å². The second-order valence-corrected chi connectivity index (χ2v) is 5.40. The molecule has 0 fully saturated rings. The molecule has 0 saturated heterocycles. The molecule has 0 spiro atoms. The SMILES string of the molecule is CCCNC(=NCc1ccccc1F)NCCn1cnnc1CC.I. The molecule has 0 radical (unpaired) electrons. The van der Waals surface area contributed by atoms with Gasteiger partial charge in [-0.05, 0) is 12.5 Å². The van der Waals surface area contributed by atoms with Gasteiger partial charge in [-0.15, -0.1) is 34.2 Å². The number of aromatic nitrogens is 3. The molecule has 0 aliphatic rings. The molecule has 0 aliphatic carbocycles. The van der Waals surface area contributed by atoms with Crippen molar-refractivity contribution in [2.75, 3.05) is 13.1 Å². The molecule has 1 aromatic heterocycles. The lowest BCUT2D eigenvalue weighted by Crippen LogP contribution is -2.39. The smallest absolute Gasteiger partial charge is 0.191 e. The van der Waals surface area contributed by atoms with Crippen molar-refractivity contribution in [1.29, 1.82) is 0 Å². The van der Waals surface area contributed by atoms with E-state index in [4.69, 9.17) is 0 Å². The summed E-state index contributed by atoms with van der Waals surface area (Å²) in [6.45, 7) is 6.71. The van der Waals surface area contributed by atoms with Crippen molar-refractivity contribution in [2.24, 2.45) is 4.99 Å². The first-order chi connectivity index (χ1) is 11.7. The maximum Gasteiger partial charge on any atom is 0.191 e. The second kappa shape index (κ2) is 11.8. The Labute approximate surface area is 165 Å². The van der Waals surface area contributed by atoms with Crippen LogP contribution in [0.15, 0.2) is 35.6 Å². The predicted molar refractivity (Wildman–Crippen MR) is 109 cm³/mol. The quantitative estimate of drug-likeness (QED) is 0.361. The summed E-state index contributed by atoms with van der Waals surface area (Å²) in [7, 11) is 0. The van der Waals surface area contributed by atoms with Gasteiger partial charge in [0, 0.05) is 31.6 Å². The number of benzene rings is 1. The molecule has 6 nitrogen and oxygen atoms in total. The summed E-state index contributed by atoms with van der Waals surface area (Å²) >= 11 is 0. The summed E-state index contributed by atoms with van der Waals surface area (Å²) in [4.78, 5) is 4.47. The number of aliphatic imine (C=N–C) groups is 1. The molecule has 0 bridgehead atoms. The topological polar surface area (TPSA) is 67.1 Å². The lowest BCUT2D eigenvalue weighted by molar-refractivity contribution is 0.608. The second-order valence-electron chi connectivity index (χ2n) is 5.40. The molecule has 0 aliphatic heterocycles. The van der Waals surface area contributed by atoms with Crippen LogP contribution in [0.5, 0.6) is 0 Å². The van der Waals surface area contributed by atoms with Crippen LogP contribution in [0, 0.1) is 5.82 Å². The van der Waals surface area contributed by atoms with Crippen LogP contribution in [0.3, 0.4) is 0 Å². The van der Waals surface area contributed by atoms with E-state index in [0.717, 1.165) is 31.8 Å². The van der Waals surface area contributed by atoms with Crippen molar-refractivity contribution >= 4 is 29.9 Å². The highest BCUT2D eigenvalue weighted by Crippen LogP contribution is 2.07. The predicted octanol–water partition coefficient (Wildman–Crippen LogP) is 2.74. The molecule has 1 heterocycles. The van der Waals surface area contributed by atoms with E-state index in [2.05, 4.69) is 39.7 Å². The number of rotatable bonds is 8. The van der Waals surface area contributed by atoms with Gasteiger partial charge in [0.2, 0.25) is 0 Å². The fraction of sp³-hybridized carbons (Fsp3) is 0.471. The molecule has 0 amide bonds. The molecule has 138 valence electrons. The average molecular weight is 460 g/mol. The van der Waals surface area contributed by atoms with Gasteiger partial charge >= 0.3 is 0 Å². The fourth-order valence-corrected chi connectivity index (χ4v) is 2.24. The summed E-state index contributed by atoms with van der Waals surface area (Å²) in [5.41, 5.74) is 0.585. The Morgan fingerprint density at radius 3 is 2.68 bits per heavy atom. The van der Waals surface area contributed by atoms with E-state index in [1.807, 2.05) is 10.6 Å². The third kappa shape index (κ3) is 6.97. The Hall–Kier alpha value is -1.71. The average Bonchev–Trinajstić information content (AvgIpc) is 3.05. The molecule has 2 N–H and O–H groups in total. The zero-order valence-electron chi connectivity index (χ0n) is 14.7. The number of guanidine groups is 1. The van der Waals surface area contributed by atoms with Crippen molar-refractivity contribution in [1.82, 2.24) is 25.4 Å². The van der Waals surface area contributed by atoms with E-state index in [1.165, 1.54) is 6.07 Å². The molecule has 8 heteroatoms. The molecule has 0 atom stereocenters. The summed E-state index contributed by atoms with van der Waals surface area (Å²) in [5.74, 6) is 1.42. The monoisotopic (exact) mass is 460 g/mol. The Morgan fingerprint density at radius 2 is 1.96 bits per heavy atom. The van der Waals surface area contributed by atoms with Crippen molar-refractivity contribution in [3.63, 3.8) is 0 Å². The number of aryl methyl sites for hydroxylation is 1. The number of hydrogen-bond acceptors (Lipinski definition) is 3. The van der Waals surface area contributed by atoms with Crippen molar-refractivity contribution in [2.45, 2.75) is 39.8 Å². The standard InChI is InChI=1S/C17H25FN6.HI/c1-3-9-19-17(21-12-14-7-5-6-8-15(14)18)20-10-11-24-13-22-23-16(24)4-2;/h5-8,13H,3-4,9-12H2,1-2H3,(H2,19,20,21);1H. The van der Waals surface area contributed by atoms with Gasteiger partial charge in [-0.2, -0.15) is 0 Å². The van der Waals surface area contributed by atoms with E-state index in [0.29, 0.717) is 24.6 Å². The van der Waals surface area contributed by atoms with Crippen molar-refractivity contribution < 1.29 is 4.39 Å². The van der Waals surface area contributed by atoms with Crippen LogP contribution in [0.1, 0.15) is 31.7 Å². The van der Waals surface area contributed by atoms with Gasteiger partial charge in [0.15, 0.2) is 5.96 Å². The van der Waals surface area contributed by atoms with Gasteiger partial charge in [0.1, 0.15) is 18.0 Å². The van der Waals surface area contributed by atoms with Crippen molar-refractivity contribution in [3.05, 3.63) is 47.8 Å². The number of hydrogen-bond donors (Lipinski definition) is 2. The van der Waals surface area contributed by atoms with Gasteiger partial charge < -0.3 is 15.2 Å². The lowest BCUT2D eigenvalue weighted by atomic mass is 10.2. The molecule has 2 rings (SSSR count). The van der Waals surface area contributed by atoms with Crippen LogP contribution in [0.4, 0.5) is 4.39 Å². The van der Waals surface area contributed by atoms with Gasteiger partial charge in [-0.1, -0.05) is 32.0 Å². The summed E-state index contributed by atoms with van der Waals surface area (Å²) in [6, 6.07) is 6.71. The normalized spacial score (nSPS) is 11.1. The van der Waals surface area contributed by atoms with Crippen LogP contribution in [-0.2, 0) is 19.5 Å². The van der Waals surface area contributed by atoms with Crippen LogP contribution in [-0.4, -0.2) is 33.8 Å². The maximum atomic E-state index is 13.7. The third-order valence-corrected chi connectivity index (χ3v) is 3.56. The summed E-state index contributed by atoms with van der Waals surface area (Å²) in [6.07, 6.45) is 3.57. The minimum absolute atomic E-state index is 0. The van der Waals surface area contributed by atoms with E-state index in [9.17, 15) is 4.39 Å². The van der Waals surface area contributed by atoms with Gasteiger partial charge in [0.25, 0.3) is 0 Å². The molecular weight excluding hydrogens is 434 g/mol. The van der Waals surface area contributed by atoms with E-state index < -0.39 is 0 Å². The van der Waals surface area contributed by atoms with Crippen LogP contribution in [0.2, 0.25) is 0 Å². The Morgan fingerprint density at radius 1 is 1.20 bits per heavy atom. The zero-order chi connectivity index (χ0) is 17.2. The lowest BCUT2D eigenvalue weighted by Gasteiger charge is -2.13. The highest BCUT2D eigenvalue weighted by Gasteiger charge is 2.04. The first-order valence-corrected chi connectivity index (χ1v) is 8.36. The van der Waals surface area contributed by atoms with Gasteiger partial charge in [-0.25, -0.2) is 9.38 Å². The molecule has 0 unspecified atom stereocenters. The Balaban J connectivity index is 0.00000312. The molecule has 2 aromatic rings. The van der Waals surface area contributed by atoms with Gasteiger partial charge in [-0.3, -0.25) is 0 Å². The Kier molecular flexibility index (Phi) is 10.0. The minimum atomic E-state index is -0.229. The zero-order valence-corrected chi connectivity index (χ0v) is 17.0. The van der Waals surface area contributed by atoms with Crippen LogP contribution < -0.4 is 10.6 Å². The molecular formula is C17H26FIN6. The largest absolute Gasteiger partial charge is 0.356 e. The van der Waals surface area contributed by atoms with Crippen LogP contribution >= 0.6 is 24.0 Å². The van der Waals surface area contributed by atoms with E-state index in [-0.39, 0.29) is 29.8 Å². The fourth-order valence-electron chi connectivity index (χ4n) is 2.24. The first kappa shape index (κ1) is 21.3. The van der Waals surface area contributed by atoms with Crippen molar-refractivity contribution in [3.8, 4) is 0 Å². The molecule has 25 heavy (non-hydrogen) atoms. The van der Waals surface area contributed by atoms with Gasteiger partial charge in [0.05, 0.1) is 6.54 Å². The number of nitrogens with one attached hydrogen (secondary N) is 2. The summed E-state index contributed by atoms with van der Waals surface area (Å²) < 4.78 is 15.7. The molecule has 0 saturated carbocycles. The van der Waals surface area contributed by atoms with E-state index >= 15 is 0 Å². The highest BCUT2D eigenvalue weighted by atomic mass is 127. The number of halogens is 2. The minimum Gasteiger partial charge on any atom is -0.356 e. The highest BCUT2D eigenvalue weighted by molar-refractivity contribution is 14.0. The first-order valence-electron chi connectivity index (χ1n) is 8.36. The molecule has 1 aromatic carbocycles. The van der Waals surface area contributed by atoms with E-state index in [1.54, 1.807) is 18.5 Å².